The van der Waals surface area contributed by atoms with Gasteiger partial charge in [-0.3, -0.25) is 13.9 Å². The van der Waals surface area contributed by atoms with Crippen molar-refractivity contribution < 1.29 is 22.7 Å². The highest BCUT2D eigenvalue weighted by Gasteiger charge is 2.28. The fraction of sp³-hybridized carbons (Fsp3) is 0.481. The number of nitrogens with one attached hydrogen (secondary N) is 1. The van der Waals surface area contributed by atoms with Gasteiger partial charge < -0.3 is 15.0 Å². The summed E-state index contributed by atoms with van der Waals surface area (Å²) in [4.78, 5) is 28.0. The Balaban J connectivity index is 1.71. The van der Waals surface area contributed by atoms with Crippen LogP contribution in [0.25, 0.3) is 0 Å². The zero-order valence-corrected chi connectivity index (χ0v) is 23.2. The minimum Gasteiger partial charge on any atom is -0.497 e. The van der Waals surface area contributed by atoms with E-state index in [1.54, 1.807) is 43.2 Å². The fourth-order valence-corrected chi connectivity index (χ4v) is 5.60. The standard InChI is InChI=1S/C27H36ClN3O5S/c1-20(27(33)29-23-7-4-5-8-23)30(19-21-10-16-25(36-2)17-11-21)26(32)9-6-18-31(37(3,34)35)24-14-12-22(28)13-15-24/h10-17,20,23H,4-9,18-19H2,1-3H3,(H,29,33). The number of ether oxygens (including phenoxy) is 1. The number of carbonyl (C=O) groups is 2. The van der Waals surface area contributed by atoms with Crippen LogP contribution in [0, 0.1) is 0 Å². The number of anilines is 1. The summed E-state index contributed by atoms with van der Waals surface area (Å²) >= 11 is 5.95. The van der Waals surface area contributed by atoms with E-state index in [1.807, 2.05) is 24.3 Å². The van der Waals surface area contributed by atoms with Crippen LogP contribution in [0.15, 0.2) is 48.5 Å². The number of benzene rings is 2. The summed E-state index contributed by atoms with van der Waals surface area (Å²) in [5.74, 6) is 0.318. The fourth-order valence-electron chi connectivity index (χ4n) is 4.51. The average molecular weight is 550 g/mol. The molecule has 1 atom stereocenters. The SMILES string of the molecule is COc1ccc(CN(C(=O)CCCN(c2ccc(Cl)cc2)S(C)(=O)=O)C(C)C(=O)NC2CCCC2)cc1. The summed E-state index contributed by atoms with van der Waals surface area (Å²) in [6.07, 6.45) is 5.63. The number of hydrogen-bond acceptors (Lipinski definition) is 5. The van der Waals surface area contributed by atoms with Crippen molar-refractivity contribution in [3.8, 4) is 5.75 Å². The Kier molecular flexibility index (Phi) is 10.2. The number of rotatable bonds is 12. The van der Waals surface area contributed by atoms with Gasteiger partial charge >= 0.3 is 0 Å². The molecular formula is C27H36ClN3O5S. The van der Waals surface area contributed by atoms with Crippen LogP contribution < -0.4 is 14.4 Å². The van der Waals surface area contributed by atoms with Crippen molar-refractivity contribution in [1.29, 1.82) is 0 Å². The molecule has 0 aromatic heterocycles. The Labute approximate surface area is 225 Å². The van der Waals surface area contributed by atoms with E-state index in [1.165, 1.54) is 4.31 Å². The molecule has 1 aliphatic rings. The molecule has 0 spiro atoms. The molecule has 202 valence electrons. The first-order valence-electron chi connectivity index (χ1n) is 12.5. The average Bonchev–Trinajstić information content (AvgIpc) is 3.38. The summed E-state index contributed by atoms with van der Waals surface area (Å²) in [6, 6.07) is 13.4. The topological polar surface area (TPSA) is 96.0 Å². The van der Waals surface area contributed by atoms with E-state index in [4.69, 9.17) is 16.3 Å². The molecule has 1 unspecified atom stereocenters. The van der Waals surface area contributed by atoms with E-state index in [-0.39, 0.29) is 37.4 Å². The molecule has 0 bridgehead atoms. The van der Waals surface area contributed by atoms with Crippen molar-refractivity contribution in [3.63, 3.8) is 0 Å². The lowest BCUT2D eigenvalue weighted by molar-refractivity contribution is -0.141. The zero-order chi connectivity index (χ0) is 27.0. The lowest BCUT2D eigenvalue weighted by Gasteiger charge is -2.30. The zero-order valence-electron chi connectivity index (χ0n) is 21.7. The normalized spacial score (nSPS) is 14.7. The molecule has 3 rings (SSSR count). The van der Waals surface area contributed by atoms with Gasteiger partial charge in [0.15, 0.2) is 0 Å². The monoisotopic (exact) mass is 549 g/mol. The smallest absolute Gasteiger partial charge is 0.242 e. The molecule has 0 radical (unpaired) electrons. The number of hydrogen-bond donors (Lipinski definition) is 1. The van der Waals surface area contributed by atoms with Crippen LogP contribution in [0.4, 0.5) is 5.69 Å². The van der Waals surface area contributed by atoms with E-state index in [0.29, 0.717) is 22.9 Å². The van der Waals surface area contributed by atoms with Crippen LogP contribution in [0.5, 0.6) is 5.75 Å². The Hall–Kier alpha value is -2.78. The van der Waals surface area contributed by atoms with Crippen molar-refractivity contribution in [3.05, 3.63) is 59.1 Å². The van der Waals surface area contributed by atoms with E-state index < -0.39 is 16.1 Å². The first-order valence-corrected chi connectivity index (χ1v) is 14.8. The molecule has 1 aliphatic carbocycles. The van der Waals surface area contributed by atoms with E-state index >= 15 is 0 Å². The summed E-state index contributed by atoms with van der Waals surface area (Å²) < 4.78 is 31.3. The van der Waals surface area contributed by atoms with Gasteiger partial charge in [0.25, 0.3) is 0 Å². The first kappa shape index (κ1) is 28.8. The minimum absolute atomic E-state index is 0.0941. The van der Waals surface area contributed by atoms with Gasteiger partial charge in [0.05, 0.1) is 19.1 Å². The van der Waals surface area contributed by atoms with E-state index in [0.717, 1.165) is 37.5 Å². The maximum absolute atomic E-state index is 13.4. The third-order valence-corrected chi connectivity index (χ3v) is 8.09. The highest BCUT2D eigenvalue weighted by Crippen LogP contribution is 2.22. The van der Waals surface area contributed by atoms with Gasteiger partial charge in [-0.15, -0.1) is 0 Å². The van der Waals surface area contributed by atoms with Crippen LogP contribution in [0.3, 0.4) is 0 Å². The highest BCUT2D eigenvalue weighted by atomic mass is 35.5. The van der Waals surface area contributed by atoms with E-state index in [2.05, 4.69) is 5.32 Å². The van der Waals surface area contributed by atoms with Crippen molar-refractivity contribution in [2.24, 2.45) is 0 Å². The molecule has 2 aromatic carbocycles. The van der Waals surface area contributed by atoms with Crippen molar-refractivity contribution in [2.75, 3.05) is 24.2 Å². The molecule has 1 fully saturated rings. The van der Waals surface area contributed by atoms with Gasteiger partial charge in [0, 0.05) is 30.6 Å². The highest BCUT2D eigenvalue weighted by molar-refractivity contribution is 7.92. The van der Waals surface area contributed by atoms with Crippen molar-refractivity contribution >= 4 is 39.1 Å². The molecular weight excluding hydrogens is 514 g/mol. The number of methoxy groups -OCH3 is 1. The van der Waals surface area contributed by atoms with Gasteiger partial charge in [-0.2, -0.15) is 0 Å². The molecule has 0 heterocycles. The number of amides is 2. The van der Waals surface area contributed by atoms with E-state index in [9.17, 15) is 18.0 Å². The number of nitrogens with zero attached hydrogens (tertiary/aromatic N) is 2. The Morgan fingerprint density at radius 3 is 2.27 bits per heavy atom. The molecule has 10 heteroatoms. The molecule has 0 aliphatic heterocycles. The maximum atomic E-state index is 13.4. The molecule has 8 nitrogen and oxygen atoms in total. The lowest BCUT2D eigenvalue weighted by Crippen LogP contribution is -2.49. The molecule has 0 saturated heterocycles. The molecule has 37 heavy (non-hydrogen) atoms. The predicted octanol–water partition coefficient (Wildman–Crippen LogP) is 4.37. The van der Waals surface area contributed by atoms with Gasteiger partial charge in [-0.25, -0.2) is 8.42 Å². The summed E-state index contributed by atoms with van der Waals surface area (Å²) in [5.41, 5.74) is 1.35. The first-order chi connectivity index (χ1) is 17.6. The molecule has 2 amide bonds. The Bertz CT molecular complexity index is 1150. The maximum Gasteiger partial charge on any atom is 0.242 e. The van der Waals surface area contributed by atoms with Gasteiger partial charge in [0.2, 0.25) is 21.8 Å². The largest absolute Gasteiger partial charge is 0.497 e. The van der Waals surface area contributed by atoms with Crippen LogP contribution in [-0.2, 0) is 26.2 Å². The third-order valence-electron chi connectivity index (χ3n) is 6.65. The quantitative estimate of drug-likeness (QED) is 0.424. The molecule has 1 N–H and O–H groups in total. The molecule has 1 saturated carbocycles. The summed E-state index contributed by atoms with van der Waals surface area (Å²) in [7, 11) is -1.97. The van der Waals surface area contributed by atoms with Gasteiger partial charge in [0.1, 0.15) is 11.8 Å². The number of sulfonamides is 1. The van der Waals surface area contributed by atoms with Gasteiger partial charge in [-0.05, 0) is 68.1 Å². The van der Waals surface area contributed by atoms with Gasteiger partial charge in [-0.1, -0.05) is 36.6 Å². The third kappa shape index (κ3) is 8.36. The Morgan fingerprint density at radius 2 is 1.70 bits per heavy atom. The van der Waals surface area contributed by atoms with Crippen LogP contribution in [0.1, 0.15) is 51.0 Å². The number of carbonyl (C=O) groups excluding carboxylic acids is 2. The van der Waals surface area contributed by atoms with Crippen molar-refractivity contribution in [2.45, 2.75) is 64.1 Å². The lowest BCUT2D eigenvalue weighted by atomic mass is 10.1. The predicted molar refractivity (Wildman–Crippen MR) is 146 cm³/mol. The summed E-state index contributed by atoms with van der Waals surface area (Å²) in [6.45, 7) is 2.13. The second-order valence-electron chi connectivity index (χ2n) is 9.45. The second-order valence-corrected chi connectivity index (χ2v) is 11.8. The summed E-state index contributed by atoms with van der Waals surface area (Å²) in [5, 5.41) is 3.59. The second kappa shape index (κ2) is 13.1. The van der Waals surface area contributed by atoms with Crippen LogP contribution in [-0.4, -0.2) is 57.1 Å². The minimum atomic E-state index is -3.56. The molecule has 2 aromatic rings. The van der Waals surface area contributed by atoms with Crippen molar-refractivity contribution in [1.82, 2.24) is 10.2 Å². The number of halogens is 1. The van der Waals surface area contributed by atoms with Crippen LogP contribution >= 0.6 is 11.6 Å². The Morgan fingerprint density at radius 1 is 1.08 bits per heavy atom. The van der Waals surface area contributed by atoms with Crippen LogP contribution in [0.2, 0.25) is 5.02 Å².